The Morgan fingerprint density at radius 2 is 2.00 bits per heavy atom. The number of halogens is 1. The maximum Gasteiger partial charge on any atom is 0.198 e. The summed E-state index contributed by atoms with van der Waals surface area (Å²) in [7, 11) is 3.50. The van der Waals surface area contributed by atoms with Crippen LogP contribution in [0.25, 0.3) is 0 Å². The summed E-state index contributed by atoms with van der Waals surface area (Å²) in [5.41, 5.74) is 3.77. The molecular weight excluding hydrogens is 441 g/mol. The van der Waals surface area contributed by atoms with Gasteiger partial charge in [0, 0.05) is 32.9 Å². The van der Waals surface area contributed by atoms with Gasteiger partial charge in [0.1, 0.15) is 12.4 Å². The van der Waals surface area contributed by atoms with Gasteiger partial charge in [-0.05, 0) is 35.7 Å². The van der Waals surface area contributed by atoms with Crippen molar-refractivity contribution in [3.05, 3.63) is 59.7 Å². The first kappa shape index (κ1) is 20.5. The molecule has 5 nitrogen and oxygen atoms in total. The van der Waals surface area contributed by atoms with Crippen molar-refractivity contribution in [2.45, 2.75) is 13.0 Å². The first-order valence-electron chi connectivity index (χ1n) is 8.58. The number of benzene rings is 2. The van der Waals surface area contributed by atoms with Crippen LogP contribution in [-0.4, -0.2) is 39.9 Å². The van der Waals surface area contributed by atoms with Crippen molar-refractivity contribution < 1.29 is 9.47 Å². The summed E-state index contributed by atoms with van der Waals surface area (Å²) >= 11 is 0. The summed E-state index contributed by atoms with van der Waals surface area (Å²) in [5.74, 6) is 1.76. The first-order chi connectivity index (χ1) is 12.3. The fourth-order valence-corrected chi connectivity index (χ4v) is 3.02. The van der Waals surface area contributed by atoms with E-state index in [4.69, 9.17) is 9.47 Å². The van der Waals surface area contributed by atoms with Gasteiger partial charge in [-0.2, -0.15) is 0 Å². The number of guanidine groups is 1. The fourth-order valence-electron chi connectivity index (χ4n) is 3.02. The van der Waals surface area contributed by atoms with Crippen LogP contribution in [0.15, 0.2) is 53.5 Å². The molecule has 0 amide bonds. The van der Waals surface area contributed by atoms with Crippen LogP contribution in [-0.2, 0) is 17.7 Å². The molecule has 1 N–H and O–H groups in total. The van der Waals surface area contributed by atoms with E-state index in [0.717, 1.165) is 30.2 Å². The van der Waals surface area contributed by atoms with Crippen LogP contribution >= 0.6 is 24.0 Å². The number of methoxy groups -OCH3 is 1. The molecule has 0 unspecified atom stereocenters. The molecule has 2 aromatic carbocycles. The second-order valence-corrected chi connectivity index (χ2v) is 5.92. The SMILES string of the molecule is CN=C(NCc1cccc(OCCOC)c1)N1CCc2ccccc21.I. The number of rotatable bonds is 6. The quantitative estimate of drug-likeness (QED) is 0.306. The zero-order valence-electron chi connectivity index (χ0n) is 15.3. The lowest BCUT2D eigenvalue weighted by molar-refractivity contribution is 0.146. The Hall–Kier alpha value is -1.80. The third-order valence-electron chi connectivity index (χ3n) is 4.26. The number of anilines is 1. The van der Waals surface area contributed by atoms with Gasteiger partial charge in [-0.25, -0.2) is 0 Å². The van der Waals surface area contributed by atoms with E-state index in [0.29, 0.717) is 19.8 Å². The van der Waals surface area contributed by atoms with Gasteiger partial charge in [0.15, 0.2) is 5.96 Å². The molecule has 0 saturated carbocycles. The van der Waals surface area contributed by atoms with E-state index >= 15 is 0 Å². The van der Waals surface area contributed by atoms with Crippen LogP contribution in [0.3, 0.4) is 0 Å². The average molecular weight is 467 g/mol. The van der Waals surface area contributed by atoms with Crippen LogP contribution < -0.4 is 15.0 Å². The molecule has 140 valence electrons. The van der Waals surface area contributed by atoms with Crippen molar-refractivity contribution in [2.24, 2.45) is 4.99 Å². The largest absolute Gasteiger partial charge is 0.491 e. The number of hydrogen-bond acceptors (Lipinski definition) is 3. The molecule has 6 heteroatoms. The van der Waals surface area contributed by atoms with Crippen molar-refractivity contribution in [2.75, 3.05) is 38.8 Å². The summed E-state index contributed by atoms with van der Waals surface area (Å²) in [6, 6.07) is 16.6. The summed E-state index contributed by atoms with van der Waals surface area (Å²) in [6.07, 6.45) is 1.06. The Balaban J connectivity index is 0.00000243. The summed E-state index contributed by atoms with van der Waals surface area (Å²) < 4.78 is 10.7. The topological polar surface area (TPSA) is 46.1 Å². The number of aliphatic imine (C=N–C) groups is 1. The third-order valence-corrected chi connectivity index (χ3v) is 4.26. The monoisotopic (exact) mass is 467 g/mol. The second kappa shape index (κ2) is 10.4. The van der Waals surface area contributed by atoms with Crippen molar-refractivity contribution in [3.63, 3.8) is 0 Å². The molecular formula is C20H26IN3O2. The molecule has 0 bridgehead atoms. The minimum Gasteiger partial charge on any atom is -0.491 e. The van der Waals surface area contributed by atoms with Gasteiger partial charge >= 0.3 is 0 Å². The highest BCUT2D eigenvalue weighted by Crippen LogP contribution is 2.27. The molecule has 0 aromatic heterocycles. The summed E-state index contributed by atoms with van der Waals surface area (Å²) in [4.78, 5) is 6.70. The second-order valence-electron chi connectivity index (χ2n) is 5.92. The first-order valence-corrected chi connectivity index (χ1v) is 8.58. The van der Waals surface area contributed by atoms with E-state index in [1.165, 1.54) is 11.3 Å². The molecule has 3 rings (SSSR count). The average Bonchev–Trinajstić information content (AvgIpc) is 3.07. The molecule has 0 spiro atoms. The third kappa shape index (κ3) is 5.11. The molecule has 0 aliphatic carbocycles. The number of hydrogen-bond donors (Lipinski definition) is 1. The van der Waals surface area contributed by atoms with Gasteiger partial charge in [-0.15, -0.1) is 24.0 Å². The molecule has 0 atom stereocenters. The smallest absolute Gasteiger partial charge is 0.198 e. The Morgan fingerprint density at radius 1 is 1.15 bits per heavy atom. The number of nitrogens with one attached hydrogen (secondary N) is 1. The zero-order chi connectivity index (χ0) is 17.5. The van der Waals surface area contributed by atoms with Crippen LogP contribution in [0.4, 0.5) is 5.69 Å². The van der Waals surface area contributed by atoms with E-state index in [9.17, 15) is 0 Å². The summed E-state index contributed by atoms with van der Waals surface area (Å²) in [6.45, 7) is 2.80. The van der Waals surface area contributed by atoms with E-state index in [1.807, 2.05) is 25.2 Å². The van der Waals surface area contributed by atoms with Crippen molar-refractivity contribution in [3.8, 4) is 5.75 Å². The highest BCUT2D eigenvalue weighted by Gasteiger charge is 2.22. The van der Waals surface area contributed by atoms with Gasteiger partial charge in [0.05, 0.1) is 6.61 Å². The van der Waals surface area contributed by atoms with Gasteiger partial charge in [-0.1, -0.05) is 30.3 Å². The van der Waals surface area contributed by atoms with Gasteiger partial charge in [0.2, 0.25) is 0 Å². The van der Waals surface area contributed by atoms with Crippen molar-refractivity contribution >= 4 is 35.6 Å². The Kier molecular flexibility index (Phi) is 8.18. The normalized spacial score (nSPS) is 13.2. The Bertz CT molecular complexity index is 737. The Morgan fingerprint density at radius 3 is 2.81 bits per heavy atom. The zero-order valence-corrected chi connectivity index (χ0v) is 17.6. The number of ether oxygens (including phenoxy) is 2. The lowest BCUT2D eigenvalue weighted by atomic mass is 10.2. The van der Waals surface area contributed by atoms with Crippen LogP contribution in [0, 0.1) is 0 Å². The molecule has 1 aliphatic heterocycles. The van der Waals surface area contributed by atoms with Crippen LogP contribution in [0.1, 0.15) is 11.1 Å². The van der Waals surface area contributed by atoms with E-state index < -0.39 is 0 Å². The minimum absolute atomic E-state index is 0. The number of nitrogens with zero attached hydrogens (tertiary/aromatic N) is 2. The van der Waals surface area contributed by atoms with Gasteiger partial charge < -0.3 is 19.7 Å². The lowest BCUT2D eigenvalue weighted by Gasteiger charge is -2.22. The van der Waals surface area contributed by atoms with Gasteiger partial charge in [-0.3, -0.25) is 4.99 Å². The van der Waals surface area contributed by atoms with E-state index in [1.54, 1.807) is 7.11 Å². The van der Waals surface area contributed by atoms with Crippen molar-refractivity contribution in [1.82, 2.24) is 5.32 Å². The number of fused-ring (bicyclic) bond motifs is 1. The van der Waals surface area contributed by atoms with Gasteiger partial charge in [0.25, 0.3) is 0 Å². The van der Waals surface area contributed by atoms with E-state index in [-0.39, 0.29) is 24.0 Å². The predicted molar refractivity (Wildman–Crippen MR) is 117 cm³/mol. The standard InChI is InChI=1S/C20H25N3O2.HI/c1-21-20(23-11-10-17-7-3-4-9-19(17)23)22-15-16-6-5-8-18(14-16)25-13-12-24-2;/h3-9,14H,10-13,15H2,1-2H3,(H,21,22);1H. The lowest BCUT2D eigenvalue weighted by Crippen LogP contribution is -2.40. The highest BCUT2D eigenvalue weighted by molar-refractivity contribution is 14.0. The molecule has 0 saturated heterocycles. The molecule has 2 aromatic rings. The maximum absolute atomic E-state index is 5.67. The minimum atomic E-state index is 0. The number of para-hydroxylation sites is 1. The highest BCUT2D eigenvalue weighted by atomic mass is 127. The molecule has 0 radical (unpaired) electrons. The Labute approximate surface area is 172 Å². The van der Waals surface area contributed by atoms with Crippen LogP contribution in [0.5, 0.6) is 5.75 Å². The predicted octanol–water partition coefficient (Wildman–Crippen LogP) is 3.47. The maximum atomic E-state index is 5.67. The molecule has 1 aliphatic rings. The summed E-state index contributed by atoms with van der Waals surface area (Å²) in [5, 5.41) is 3.46. The molecule has 26 heavy (non-hydrogen) atoms. The molecule has 0 fully saturated rings. The van der Waals surface area contributed by atoms with Crippen molar-refractivity contribution in [1.29, 1.82) is 0 Å². The fraction of sp³-hybridized carbons (Fsp3) is 0.350. The van der Waals surface area contributed by atoms with Crippen LogP contribution in [0.2, 0.25) is 0 Å². The molecule has 1 heterocycles. The van der Waals surface area contributed by atoms with E-state index in [2.05, 4.69) is 45.5 Å².